The molecule has 0 saturated carbocycles. The smallest absolute Gasteiger partial charge is 0.227 e. The van der Waals surface area contributed by atoms with Crippen LogP contribution in [0.3, 0.4) is 0 Å². The number of likely N-dealkylation sites (tertiary alicyclic amines) is 1. The van der Waals surface area contributed by atoms with Gasteiger partial charge in [-0.2, -0.15) is 0 Å². The number of piperidine rings is 1. The number of carbonyl (C=O) groups excluding carboxylic acids is 2. The summed E-state index contributed by atoms with van der Waals surface area (Å²) in [4.78, 5) is 28.9. The summed E-state index contributed by atoms with van der Waals surface area (Å²) < 4.78 is 5.22. The van der Waals surface area contributed by atoms with E-state index in [9.17, 15) is 9.59 Å². The van der Waals surface area contributed by atoms with Crippen LogP contribution in [-0.2, 0) is 9.59 Å². The summed E-state index contributed by atoms with van der Waals surface area (Å²) >= 11 is 0. The first kappa shape index (κ1) is 18.7. The van der Waals surface area contributed by atoms with E-state index < -0.39 is 0 Å². The lowest BCUT2D eigenvalue weighted by Crippen LogP contribution is -2.36. The molecule has 2 fully saturated rings. The molecule has 2 aliphatic rings. The molecule has 0 radical (unpaired) electrons. The van der Waals surface area contributed by atoms with E-state index in [1.54, 1.807) is 12.0 Å². The molecule has 0 aliphatic carbocycles. The van der Waals surface area contributed by atoms with Gasteiger partial charge in [0.1, 0.15) is 5.75 Å². The first-order valence-corrected chi connectivity index (χ1v) is 9.62. The van der Waals surface area contributed by atoms with Crippen LogP contribution < -0.4 is 15.0 Å². The third kappa shape index (κ3) is 4.75. The van der Waals surface area contributed by atoms with Crippen molar-refractivity contribution in [2.45, 2.75) is 32.1 Å². The maximum atomic E-state index is 12.4. The zero-order valence-corrected chi connectivity index (χ0v) is 15.6. The molecule has 0 aromatic heterocycles. The van der Waals surface area contributed by atoms with E-state index in [0.717, 1.165) is 18.7 Å². The molecule has 3 rings (SSSR count). The average Bonchev–Trinajstić information content (AvgIpc) is 3.08. The maximum absolute atomic E-state index is 12.4. The minimum absolute atomic E-state index is 0.00767. The van der Waals surface area contributed by atoms with E-state index in [-0.39, 0.29) is 24.2 Å². The van der Waals surface area contributed by atoms with Crippen molar-refractivity contribution in [2.75, 3.05) is 44.7 Å². The van der Waals surface area contributed by atoms with Crippen LogP contribution >= 0.6 is 0 Å². The molecular weight excluding hydrogens is 330 g/mol. The third-order valence-corrected chi connectivity index (χ3v) is 5.26. The summed E-state index contributed by atoms with van der Waals surface area (Å²) in [6.07, 6.45) is 5.15. The number of hydrogen-bond donors (Lipinski definition) is 1. The highest BCUT2D eigenvalue weighted by Crippen LogP contribution is 2.27. The summed E-state index contributed by atoms with van der Waals surface area (Å²) in [6, 6.07) is 7.40. The number of benzene rings is 1. The van der Waals surface area contributed by atoms with Crippen molar-refractivity contribution >= 4 is 17.5 Å². The van der Waals surface area contributed by atoms with E-state index >= 15 is 0 Å². The minimum atomic E-state index is -0.274. The molecular formula is C20H29N3O3. The van der Waals surface area contributed by atoms with Crippen molar-refractivity contribution in [3.05, 3.63) is 24.3 Å². The number of carbonyl (C=O) groups is 2. The topological polar surface area (TPSA) is 61.9 Å². The predicted molar refractivity (Wildman–Crippen MR) is 101 cm³/mol. The van der Waals surface area contributed by atoms with Crippen molar-refractivity contribution in [2.24, 2.45) is 5.92 Å². The Kier molecular flexibility index (Phi) is 6.50. The van der Waals surface area contributed by atoms with Crippen LogP contribution in [0.4, 0.5) is 5.69 Å². The van der Waals surface area contributed by atoms with Crippen LogP contribution in [0, 0.1) is 5.92 Å². The fourth-order valence-electron chi connectivity index (χ4n) is 3.75. The molecule has 2 heterocycles. The fourth-order valence-corrected chi connectivity index (χ4v) is 3.75. The predicted octanol–water partition coefficient (Wildman–Crippen LogP) is 2.04. The molecule has 6 nitrogen and oxygen atoms in total. The quantitative estimate of drug-likeness (QED) is 0.757. The summed E-state index contributed by atoms with van der Waals surface area (Å²) in [5.41, 5.74) is 0.787. The van der Waals surface area contributed by atoms with Crippen LogP contribution in [0.15, 0.2) is 24.3 Å². The molecule has 2 amide bonds. The number of rotatable bonds is 7. The minimum Gasteiger partial charge on any atom is -0.497 e. The monoisotopic (exact) mass is 359 g/mol. The van der Waals surface area contributed by atoms with E-state index in [1.807, 2.05) is 24.3 Å². The van der Waals surface area contributed by atoms with E-state index in [2.05, 4.69) is 10.2 Å². The Morgan fingerprint density at radius 2 is 2.08 bits per heavy atom. The molecule has 6 heteroatoms. The number of nitrogens with zero attached hydrogens (tertiary/aromatic N) is 2. The first-order chi connectivity index (χ1) is 12.7. The lowest BCUT2D eigenvalue weighted by molar-refractivity contribution is -0.126. The van der Waals surface area contributed by atoms with Gasteiger partial charge in [0.2, 0.25) is 11.8 Å². The second-order valence-corrected chi connectivity index (χ2v) is 7.15. The molecule has 1 aromatic rings. The molecule has 2 aliphatic heterocycles. The molecule has 0 bridgehead atoms. The number of ether oxygens (including phenoxy) is 1. The zero-order valence-electron chi connectivity index (χ0n) is 15.6. The summed E-state index contributed by atoms with van der Waals surface area (Å²) in [5.74, 6) is 0.415. The van der Waals surface area contributed by atoms with E-state index in [0.29, 0.717) is 18.8 Å². The van der Waals surface area contributed by atoms with Crippen molar-refractivity contribution in [1.29, 1.82) is 0 Å². The third-order valence-electron chi connectivity index (χ3n) is 5.26. The van der Waals surface area contributed by atoms with Gasteiger partial charge in [0, 0.05) is 31.3 Å². The summed E-state index contributed by atoms with van der Waals surface area (Å²) in [6.45, 7) is 4.52. The Balaban J connectivity index is 1.44. The van der Waals surface area contributed by atoms with Crippen molar-refractivity contribution < 1.29 is 14.3 Å². The van der Waals surface area contributed by atoms with Gasteiger partial charge in [-0.3, -0.25) is 9.59 Å². The van der Waals surface area contributed by atoms with Crippen molar-refractivity contribution in [3.8, 4) is 5.75 Å². The highest BCUT2D eigenvalue weighted by molar-refractivity contribution is 6.00. The average molecular weight is 359 g/mol. The number of hydrogen-bond acceptors (Lipinski definition) is 4. The second-order valence-electron chi connectivity index (χ2n) is 7.15. The fraction of sp³-hybridized carbons (Fsp3) is 0.600. The Bertz CT molecular complexity index is 628. The van der Waals surface area contributed by atoms with Gasteiger partial charge in [0.15, 0.2) is 0 Å². The van der Waals surface area contributed by atoms with Gasteiger partial charge >= 0.3 is 0 Å². The van der Waals surface area contributed by atoms with Crippen LogP contribution in [0.1, 0.15) is 32.1 Å². The van der Waals surface area contributed by atoms with Crippen molar-refractivity contribution in [1.82, 2.24) is 10.2 Å². The van der Waals surface area contributed by atoms with E-state index in [1.165, 1.54) is 32.4 Å². The van der Waals surface area contributed by atoms with Crippen LogP contribution in [0.25, 0.3) is 0 Å². The van der Waals surface area contributed by atoms with Crippen LogP contribution in [-0.4, -0.2) is 56.5 Å². The molecule has 2 saturated heterocycles. The number of anilines is 1. The molecule has 1 N–H and O–H groups in total. The molecule has 0 spiro atoms. The molecule has 26 heavy (non-hydrogen) atoms. The molecule has 142 valence electrons. The standard InChI is InChI=1S/C20H29N3O3/c1-26-18-8-5-7-17(14-18)23-15-16(13-19(23)24)20(25)21-9-6-12-22-10-3-2-4-11-22/h5,7-8,14,16H,2-4,6,9-13,15H2,1H3,(H,21,25)/t16-/m1/s1. The molecule has 1 aromatic carbocycles. The number of amides is 2. The first-order valence-electron chi connectivity index (χ1n) is 9.62. The van der Waals surface area contributed by atoms with E-state index in [4.69, 9.17) is 4.74 Å². The lowest BCUT2D eigenvalue weighted by atomic mass is 10.1. The zero-order chi connectivity index (χ0) is 18.4. The second kappa shape index (κ2) is 9.03. The largest absolute Gasteiger partial charge is 0.497 e. The Morgan fingerprint density at radius 3 is 2.85 bits per heavy atom. The molecule has 0 unspecified atom stereocenters. The summed E-state index contributed by atoms with van der Waals surface area (Å²) in [5, 5.41) is 3.01. The van der Waals surface area contributed by atoms with Gasteiger partial charge in [-0.05, 0) is 51.0 Å². The van der Waals surface area contributed by atoms with Gasteiger partial charge in [-0.25, -0.2) is 0 Å². The van der Waals surface area contributed by atoms with Crippen molar-refractivity contribution in [3.63, 3.8) is 0 Å². The van der Waals surface area contributed by atoms with Crippen LogP contribution in [0.2, 0.25) is 0 Å². The molecule has 1 atom stereocenters. The van der Waals surface area contributed by atoms with Gasteiger partial charge in [0.05, 0.1) is 13.0 Å². The Morgan fingerprint density at radius 1 is 1.27 bits per heavy atom. The maximum Gasteiger partial charge on any atom is 0.227 e. The highest BCUT2D eigenvalue weighted by atomic mass is 16.5. The highest BCUT2D eigenvalue weighted by Gasteiger charge is 2.35. The van der Waals surface area contributed by atoms with Gasteiger partial charge < -0.3 is 19.9 Å². The van der Waals surface area contributed by atoms with Gasteiger partial charge in [-0.1, -0.05) is 12.5 Å². The van der Waals surface area contributed by atoms with Gasteiger partial charge in [-0.15, -0.1) is 0 Å². The number of nitrogens with one attached hydrogen (secondary N) is 1. The number of methoxy groups -OCH3 is 1. The lowest BCUT2D eigenvalue weighted by Gasteiger charge is -2.26. The normalized spacial score (nSPS) is 21.0. The Labute approximate surface area is 155 Å². The SMILES string of the molecule is COc1cccc(N2C[C@H](C(=O)NCCCN3CCCCC3)CC2=O)c1. The van der Waals surface area contributed by atoms with Crippen LogP contribution in [0.5, 0.6) is 5.75 Å². The summed E-state index contributed by atoms with van der Waals surface area (Å²) in [7, 11) is 1.60. The Hall–Kier alpha value is -2.08. The van der Waals surface area contributed by atoms with Gasteiger partial charge in [0.25, 0.3) is 0 Å².